The average Bonchev–Trinajstić information content (AvgIpc) is 2.77. The highest BCUT2D eigenvalue weighted by Gasteiger charge is 2.42. The highest BCUT2D eigenvalue weighted by molar-refractivity contribution is 7.91. The number of para-hydroxylation sites is 1. The maximum absolute atomic E-state index is 11.8. The highest BCUT2D eigenvalue weighted by atomic mass is 35.5. The number of benzene rings is 1. The highest BCUT2D eigenvalue weighted by Crippen LogP contribution is 2.37. The Morgan fingerprint density at radius 1 is 1.47 bits per heavy atom. The normalized spacial score (nSPS) is 26.0. The van der Waals surface area contributed by atoms with E-state index in [4.69, 9.17) is 17.3 Å². The van der Waals surface area contributed by atoms with Crippen molar-refractivity contribution in [1.29, 1.82) is 0 Å². The Morgan fingerprint density at radius 2 is 2.21 bits per heavy atom. The molecule has 3 rings (SSSR count). The molecule has 0 amide bonds. The van der Waals surface area contributed by atoms with Crippen molar-refractivity contribution in [3.05, 3.63) is 23.2 Å². The van der Waals surface area contributed by atoms with Gasteiger partial charge in [0.05, 0.1) is 33.1 Å². The van der Waals surface area contributed by atoms with E-state index in [1.54, 1.807) is 16.7 Å². The molecule has 2 N–H and O–H groups in total. The summed E-state index contributed by atoms with van der Waals surface area (Å²) in [5.41, 5.74) is 6.79. The van der Waals surface area contributed by atoms with Gasteiger partial charge in [-0.2, -0.15) is 0 Å². The summed E-state index contributed by atoms with van der Waals surface area (Å²) in [4.78, 5) is 4.27. The number of halogens is 1. The number of imidazole rings is 1. The molecule has 1 aromatic heterocycles. The number of nitrogens with zero attached hydrogens (tertiary/aromatic N) is 2. The second-order valence-corrected chi connectivity index (χ2v) is 7.84. The summed E-state index contributed by atoms with van der Waals surface area (Å²) in [6, 6.07) is 5.38. The molecule has 0 aliphatic carbocycles. The molecule has 102 valence electrons. The minimum Gasteiger partial charge on any atom is -0.369 e. The van der Waals surface area contributed by atoms with Crippen molar-refractivity contribution in [2.75, 3.05) is 17.2 Å². The van der Waals surface area contributed by atoms with Crippen molar-refractivity contribution in [3.8, 4) is 0 Å². The van der Waals surface area contributed by atoms with Crippen LogP contribution in [0, 0.1) is 0 Å². The minimum atomic E-state index is -3.03. The molecule has 0 radical (unpaired) electrons. The van der Waals surface area contributed by atoms with Gasteiger partial charge >= 0.3 is 0 Å². The van der Waals surface area contributed by atoms with Gasteiger partial charge in [-0.3, -0.25) is 0 Å². The number of sulfone groups is 1. The summed E-state index contributed by atoms with van der Waals surface area (Å²) < 4.78 is 25.3. The third-order valence-electron chi connectivity index (χ3n) is 3.68. The van der Waals surface area contributed by atoms with Gasteiger partial charge in [-0.05, 0) is 25.5 Å². The SMILES string of the molecule is CC1(n2c(N)nc3cccc(Cl)c32)CCS(=O)(=O)C1. The molecule has 2 aromatic rings. The number of aromatic nitrogens is 2. The molecule has 5 nitrogen and oxygen atoms in total. The quantitative estimate of drug-likeness (QED) is 0.871. The van der Waals surface area contributed by atoms with Crippen LogP contribution in [0.4, 0.5) is 5.95 Å². The summed E-state index contributed by atoms with van der Waals surface area (Å²) >= 11 is 6.22. The summed E-state index contributed by atoms with van der Waals surface area (Å²) in [5, 5.41) is 0.534. The molecule has 1 aromatic carbocycles. The van der Waals surface area contributed by atoms with Gasteiger partial charge in [0.1, 0.15) is 0 Å². The van der Waals surface area contributed by atoms with Crippen molar-refractivity contribution >= 4 is 38.4 Å². The van der Waals surface area contributed by atoms with Gasteiger partial charge in [0.15, 0.2) is 9.84 Å². The van der Waals surface area contributed by atoms with Crippen LogP contribution < -0.4 is 5.73 Å². The first-order valence-corrected chi connectivity index (χ1v) is 8.16. The lowest BCUT2D eigenvalue weighted by Crippen LogP contribution is -2.32. The van der Waals surface area contributed by atoms with Crippen molar-refractivity contribution in [1.82, 2.24) is 9.55 Å². The van der Waals surface area contributed by atoms with Crippen LogP contribution >= 0.6 is 11.6 Å². The van der Waals surface area contributed by atoms with E-state index in [0.717, 1.165) is 0 Å². The predicted molar refractivity (Wildman–Crippen MR) is 76.1 cm³/mol. The summed E-state index contributed by atoms with van der Waals surface area (Å²) in [6.07, 6.45) is 0.524. The van der Waals surface area contributed by atoms with Crippen molar-refractivity contribution in [2.45, 2.75) is 18.9 Å². The number of hydrogen-bond acceptors (Lipinski definition) is 4. The average molecular weight is 300 g/mol. The number of nitrogens with two attached hydrogens (primary N) is 1. The largest absolute Gasteiger partial charge is 0.369 e. The molecule has 19 heavy (non-hydrogen) atoms. The fraction of sp³-hybridized carbons (Fsp3) is 0.417. The molecule has 1 saturated heterocycles. The monoisotopic (exact) mass is 299 g/mol. The fourth-order valence-corrected chi connectivity index (χ4v) is 5.19. The molecule has 1 unspecified atom stereocenters. The fourth-order valence-electron chi connectivity index (χ4n) is 2.82. The molecule has 0 saturated carbocycles. The third-order valence-corrected chi connectivity index (χ3v) is 5.87. The van der Waals surface area contributed by atoms with Crippen molar-refractivity contribution < 1.29 is 8.42 Å². The van der Waals surface area contributed by atoms with Crippen LogP contribution in [-0.2, 0) is 15.4 Å². The topological polar surface area (TPSA) is 78.0 Å². The lowest BCUT2D eigenvalue weighted by atomic mass is 10.0. The maximum Gasteiger partial charge on any atom is 0.201 e. The van der Waals surface area contributed by atoms with E-state index < -0.39 is 15.4 Å². The second-order valence-electron chi connectivity index (χ2n) is 5.25. The van der Waals surface area contributed by atoms with Crippen LogP contribution in [0.3, 0.4) is 0 Å². The Kier molecular flexibility index (Phi) is 2.59. The van der Waals surface area contributed by atoms with Crippen molar-refractivity contribution in [3.63, 3.8) is 0 Å². The first-order chi connectivity index (χ1) is 8.82. The van der Waals surface area contributed by atoms with Gasteiger partial charge in [0.2, 0.25) is 5.95 Å². The molecule has 0 bridgehead atoms. The van der Waals surface area contributed by atoms with Crippen LogP contribution in [-0.4, -0.2) is 29.5 Å². The molecule has 2 heterocycles. The van der Waals surface area contributed by atoms with E-state index in [-0.39, 0.29) is 11.5 Å². The zero-order valence-corrected chi connectivity index (χ0v) is 12.0. The molecule has 7 heteroatoms. The Morgan fingerprint density at radius 3 is 2.84 bits per heavy atom. The Hall–Kier alpha value is -1.27. The van der Waals surface area contributed by atoms with Crippen molar-refractivity contribution in [2.24, 2.45) is 0 Å². The predicted octanol–water partition coefficient (Wildman–Crippen LogP) is 1.81. The van der Waals surface area contributed by atoms with Gasteiger partial charge in [0, 0.05) is 0 Å². The van der Waals surface area contributed by atoms with Crippen LogP contribution in [0.2, 0.25) is 5.02 Å². The van der Waals surface area contributed by atoms with E-state index >= 15 is 0 Å². The van der Waals surface area contributed by atoms with E-state index in [1.807, 2.05) is 13.0 Å². The van der Waals surface area contributed by atoms with Crippen LogP contribution in [0.5, 0.6) is 0 Å². The lowest BCUT2D eigenvalue weighted by molar-refractivity contribution is 0.381. The molecule has 0 spiro atoms. The third kappa shape index (κ3) is 1.90. The van der Waals surface area contributed by atoms with Gasteiger partial charge in [-0.15, -0.1) is 0 Å². The summed E-state index contributed by atoms with van der Waals surface area (Å²) in [7, 11) is -3.03. The first kappa shape index (κ1) is 12.7. The van der Waals surface area contributed by atoms with E-state index in [1.165, 1.54) is 0 Å². The smallest absolute Gasteiger partial charge is 0.201 e. The number of rotatable bonds is 1. The molecule has 1 aliphatic rings. The van der Waals surface area contributed by atoms with E-state index in [0.29, 0.717) is 28.4 Å². The Bertz CT molecular complexity index is 769. The maximum atomic E-state index is 11.8. The summed E-state index contributed by atoms with van der Waals surface area (Å²) in [6.45, 7) is 1.89. The van der Waals surface area contributed by atoms with Gasteiger partial charge in [0.25, 0.3) is 0 Å². The Balaban J connectivity index is 2.29. The van der Waals surface area contributed by atoms with Crippen LogP contribution in [0.15, 0.2) is 18.2 Å². The zero-order chi connectivity index (χ0) is 13.8. The molecular weight excluding hydrogens is 286 g/mol. The van der Waals surface area contributed by atoms with E-state index in [9.17, 15) is 8.42 Å². The summed E-state index contributed by atoms with van der Waals surface area (Å²) in [5.74, 6) is 0.552. The molecular formula is C12H14ClN3O2S. The minimum absolute atomic E-state index is 0.0703. The van der Waals surface area contributed by atoms with Gasteiger partial charge in [-0.25, -0.2) is 13.4 Å². The number of fused-ring (bicyclic) bond motifs is 1. The molecule has 1 fully saturated rings. The zero-order valence-electron chi connectivity index (χ0n) is 10.4. The van der Waals surface area contributed by atoms with Crippen LogP contribution in [0.25, 0.3) is 11.0 Å². The Labute approximate surface area is 116 Å². The first-order valence-electron chi connectivity index (χ1n) is 5.96. The van der Waals surface area contributed by atoms with E-state index in [2.05, 4.69) is 4.98 Å². The van der Waals surface area contributed by atoms with Gasteiger partial charge < -0.3 is 10.3 Å². The second kappa shape index (κ2) is 3.86. The standard InChI is InChI=1S/C12H14ClN3O2S/c1-12(5-6-19(17,18)7-12)16-10-8(13)3-2-4-9(10)15-11(16)14/h2-4H,5-7H2,1H3,(H2,14,15). The lowest BCUT2D eigenvalue weighted by Gasteiger charge is -2.26. The molecule has 1 aliphatic heterocycles. The number of nitrogen functional groups attached to an aromatic ring is 1. The number of anilines is 1. The number of hydrogen-bond donors (Lipinski definition) is 1. The van der Waals surface area contributed by atoms with Gasteiger partial charge in [-0.1, -0.05) is 17.7 Å². The molecule has 1 atom stereocenters. The van der Waals surface area contributed by atoms with Crippen LogP contribution in [0.1, 0.15) is 13.3 Å².